The van der Waals surface area contributed by atoms with E-state index in [9.17, 15) is 4.79 Å². The van der Waals surface area contributed by atoms with E-state index in [-0.39, 0.29) is 11.9 Å². The number of methoxy groups -OCH3 is 1. The predicted molar refractivity (Wildman–Crippen MR) is 177 cm³/mol. The number of rotatable bonds is 10. The van der Waals surface area contributed by atoms with E-state index >= 15 is 0 Å². The van der Waals surface area contributed by atoms with E-state index in [1.54, 1.807) is 31.4 Å². The molecule has 2 aliphatic rings. The average Bonchev–Trinajstić information content (AvgIpc) is 3.12. The molecule has 0 atom stereocenters. The number of ether oxygens (including phenoxy) is 1. The van der Waals surface area contributed by atoms with Gasteiger partial charge in [-0.2, -0.15) is 15.0 Å². The maximum absolute atomic E-state index is 12.9. The van der Waals surface area contributed by atoms with Crippen molar-refractivity contribution in [2.75, 3.05) is 81.2 Å². The summed E-state index contributed by atoms with van der Waals surface area (Å²) in [6.07, 6.45) is 0. The van der Waals surface area contributed by atoms with Gasteiger partial charge in [0.25, 0.3) is 5.91 Å². The van der Waals surface area contributed by atoms with Crippen LogP contribution in [0.1, 0.15) is 34.5 Å². The number of carbonyl (C=O) groups is 1. The van der Waals surface area contributed by atoms with E-state index in [1.807, 2.05) is 0 Å². The molecule has 0 bridgehead atoms. The van der Waals surface area contributed by atoms with Crippen LogP contribution in [0.4, 0.5) is 17.8 Å². The molecule has 234 valence electrons. The summed E-state index contributed by atoms with van der Waals surface area (Å²) in [6.45, 7) is 10.0. The minimum Gasteiger partial charge on any atom is -0.497 e. The molecule has 2 N–H and O–H groups in total. The van der Waals surface area contributed by atoms with E-state index in [0.29, 0.717) is 29.2 Å². The first-order valence-electron chi connectivity index (χ1n) is 15.6. The van der Waals surface area contributed by atoms with Crippen LogP contribution in [0.2, 0.25) is 0 Å². The van der Waals surface area contributed by atoms with Crippen molar-refractivity contribution in [3.63, 3.8) is 0 Å². The molecule has 3 heterocycles. The van der Waals surface area contributed by atoms with Crippen molar-refractivity contribution in [3.8, 4) is 5.75 Å². The standard InChI is InChI=1S/C34H41N9O2/c1-3-40-18-20-42(21-19-40)33-35-32(39-38-31(44)28-14-16-29(45-2)17-15-28)36-34(37-33)43-24-22-41(23-25-43)30(26-10-6-4-7-11-26)27-12-8-5-9-13-27/h4-17,30H,3,18-25H2,1-2H3,(H,38,44)(H,35,36,37,39). The summed E-state index contributed by atoms with van der Waals surface area (Å²) in [6, 6.07) is 28.5. The average molecular weight is 608 g/mol. The molecule has 11 nitrogen and oxygen atoms in total. The molecule has 0 saturated carbocycles. The molecule has 0 aliphatic carbocycles. The van der Waals surface area contributed by atoms with Crippen molar-refractivity contribution in [1.82, 2.24) is 30.2 Å². The third-order valence-corrected chi connectivity index (χ3v) is 8.55. The van der Waals surface area contributed by atoms with E-state index < -0.39 is 0 Å². The molecule has 0 spiro atoms. The highest BCUT2D eigenvalue weighted by molar-refractivity contribution is 5.94. The summed E-state index contributed by atoms with van der Waals surface area (Å²) < 4.78 is 5.21. The molecule has 45 heavy (non-hydrogen) atoms. The second kappa shape index (κ2) is 14.4. The van der Waals surface area contributed by atoms with Gasteiger partial charge in [0.1, 0.15) is 5.75 Å². The van der Waals surface area contributed by atoms with Gasteiger partial charge in [-0.15, -0.1) is 0 Å². The van der Waals surface area contributed by atoms with Crippen LogP contribution >= 0.6 is 0 Å². The van der Waals surface area contributed by atoms with E-state index in [0.717, 1.165) is 58.9 Å². The molecule has 0 unspecified atom stereocenters. The zero-order chi connectivity index (χ0) is 31.0. The van der Waals surface area contributed by atoms with Crippen LogP contribution in [-0.2, 0) is 0 Å². The predicted octanol–water partition coefficient (Wildman–Crippen LogP) is 3.69. The summed E-state index contributed by atoms with van der Waals surface area (Å²) in [5, 5.41) is 0. The SMILES string of the molecule is CCN1CCN(c2nc(NNC(=O)c3ccc(OC)cc3)nc(N3CCN(C(c4ccccc4)c4ccccc4)CC3)n2)CC1. The number of hydrogen-bond acceptors (Lipinski definition) is 10. The normalized spacial score (nSPS) is 16.1. The Hall–Kier alpha value is -4.74. The number of carbonyl (C=O) groups excluding carboxylic acids is 1. The smallest absolute Gasteiger partial charge is 0.269 e. The van der Waals surface area contributed by atoms with Gasteiger partial charge < -0.3 is 19.4 Å². The third kappa shape index (κ3) is 7.33. The Balaban J connectivity index is 1.20. The Morgan fingerprint density at radius 1 is 0.733 bits per heavy atom. The number of benzene rings is 3. The lowest BCUT2D eigenvalue weighted by molar-refractivity contribution is 0.0962. The molecular weight excluding hydrogens is 566 g/mol. The Morgan fingerprint density at radius 2 is 1.27 bits per heavy atom. The second-order valence-corrected chi connectivity index (χ2v) is 11.2. The number of piperazine rings is 2. The zero-order valence-electron chi connectivity index (χ0n) is 26.0. The van der Waals surface area contributed by atoms with Gasteiger partial charge in [-0.1, -0.05) is 67.6 Å². The number of nitrogens with one attached hydrogen (secondary N) is 2. The number of hydrogen-bond donors (Lipinski definition) is 2. The van der Waals surface area contributed by atoms with E-state index in [2.05, 4.69) is 98.0 Å². The molecule has 2 aliphatic heterocycles. The lowest BCUT2D eigenvalue weighted by Gasteiger charge is -2.40. The van der Waals surface area contributed by atoms with Gasteiger partial charge in [-0.05, 0) is 41.9 Å². The molecule has 3 aromatic carbocycles. The summed E-state index contributed by atoms with van der Waals surface area (Å²) in [4.78, 5) is 36.7. The summed E-state index contributed by atoms with van der Waals surface area (Å²) in [5.41, 5.74) is 8.77. The fraction of sp³-hybridized carbons (Fsp3) is 0.353. The highest BCUT2D eigenvalue weighted by Gasteiger charge is 2.28. The summed E-state index contributed by atoms with van der Waals surface area (Å²) in [7, 11) is 1.60. The van der Waals surface area contributed by atoms with E-state index in [4.69, 9.17) is 19.7 Å². The number of nitrogens with zero attached hydrogens (tertiary/aromatic N) is 7. The third-order valence-electron chi connectivity index (χ3n) is 8.55. The Bertz CT molecular complexity index is 1480. The maximum atomic E-state index is 12.9. The quantitative estimate of drug-likeness (QED) is 0.260. The van der Waals surface area contributed by atoms with Crippen molar-refractivity contribution >= 4 is 23.8 Å². The minimum absolute atomic E-state index is 0.170. The lowest BCUT2D eigenvalue weighted by Crippen LogP contribution is -2.49. The van der Waals surface area contributed by atoms with Crippen LogP contribution in [0.5, 0.6) is 5.75 Å². The van der Waals surface area contributed by atoms with Crippen molar-refractivity contribution in [2.45, 2.75) is 13.0 Å². The number of hydrazine groups is 1. The first-order valence-corrected chi connectivity index (χ1v) is 15.6. The summed E-state index contributed by atoms with van der Waals surface area (Å²) >= 11 is 0. The molecule has 6 rings (SSSR count). The van der Waals surface area contributed by atoms with Gasteiger partial charge in [0.05, 0.1) is 13.2 Å². The number of likely N-dealkylation sites (N-methyl/N-ethyl adjacent to an activating group) is 1. The second-order valence-electron chi connectivity index (χ2n) is 11.2. The maximum Gasteiger partial charge on any atom is 0.269 e. The molecule has 0 radical (unpaired) electrons. The van der Waals surface area contributed by atoms with Gasteiger partial charge in [0.2, 0.25) is 17.8 Å². The van der Waals surface area contributed by atoms with Crippen molar-refractivity contribution in [3.05, 3.63) is 102 Å². The number of anilines is 3. The van der Waals surface area contributed by atoms with Crippen LogP contribution in [0.3, 0.4) is 0 Å². The first-order chi connectivity index (χ1) is 22.1. The molecule has 2 fully saturated rings. The first kappa shape index (κ1) is 30.3. The molecule has 1 aromatic heterocycles. The van der Waals surface area contributed by atoms with Crippen molar-refractivity contribution in [2.24, 2.45) is 0 Å². The summed E-state index contributed by atoms with van der Waals surface area (Å²) in [5.74, 6) is 1.93. The molecule has 1 amide bonds. The van der Waals surface area contributed by atoms with Gasteiger partial charge in [-0.3, -0.25) is 20.5 Å². The fourth-order valence-electron chi connectivity index (χ4n) is 5.95. The molecular formula is C34H41N9O2. The van der Waals surface area contributed by atoms with Gasteiger partial charge in [0.15, 0.2) is 0 Å². The fourth-order valence-corrected chi connectivity index (χ4v) is 5.95. The molecule has 2 saturated heterocycles. The largest absolute Gasteiger partial charge is 0.497 e. The van der Waals surface area contributed by atoms with Crippen LogP contribution in [0.25, 0.3) is 0 Å². The topological polar surface area (TPSA) is 102 Å². The lowest BCUT2D eigenvalue weighted by atomic mass is 9.96. The van der Waals surface area contributed by atoms with Crippen molar-refractivity contribution in [1.29, 1.82) is 0 Å². The van der Waals surface area contributed by atoms with Crippen LogP contribution in [-0.4, -0.2) is 96.7 Å². The van der Waals surface area contributed by atoms with Gasteiger partial charge >= 0.3 is 0 Å². The number of amides is 1. The van der Waals surface area contributed by atoms with Gasteiger partial charge in [0, 0.05) is 57.9 Å². The van der Waals surface area contributed by atoms with Crippen LogP contribution < -0.4 is 25.4 Å². The van der Waals surface area contributed by atoms with Crippen molar-refractivity contribution < 1.29 is 9.53 Å². The molecule has 4 aromatic rings. The minimum atomic E-state index is -0.292. The van der Waals surface area contributed by atoms with Gasteiger partial charge in [-0.25, -0.2) is 0 Å². The Labute approximate surface area is 264 Å². The highest BCUT2D eigenvalue weighted by Crippen LogP contribution is 2.30. The highest BCUT2D eigenvalue weighted by atomic mass is 16.5. The van der Waals surface area contributed by atoms with E-state index in [1.165, 1.54) is 11.1 Å². The van der Waals surface area contributed by atoms with Crippen LogP contribution in [0.15, 0.2) is 84.9 Å². The number of aromatic nitrogens is 3. The van der Waals surface area contributed by atoms with Crippen LogP contribution in [0, 0.1) is 0 Å². The Morgan fingerprint density at radius 3 is 1.78 bits per heavy atom. The molecule has 11 heteroatoms. The Kier molecular flexibility index (Phi) is 9.67. The monoisotopic (exact) mass is 607 g/mol. The zero-order valence-corrected chi connectivity index (χ0v) is 26.0.